The quantitative estimate of drug-likeness (QED) is 0.671. The molecule has 1 fully saturated rings. The normalized spacial score (nSPS) is 17.7. The molecule has 0 saturated carbocycles. The van der Waals surface area contributed by atoms with Crippen LogP contribution in [0.3, 0.4) is 0 Å². The molecule has 1 atom stereocenters. The van der Waals surface area contributed by atoms with Gasteiger partial charge in [-0.15, -0.1) is 11.3 Å². The van der Waals surface area contributed by atoms with E-state index in [4.69, 9.17) is 16.3 Å². The van der Waals surface area contributed by atoms with Gasteiger partial charge in [0.25, 0.3) is 10.0 Å². The number of benzene rings is 1. The van der Waals surface area contributed by atoms with Crippen molar-refractivity contribution in [1.29, 1.82) is 0 Å². The second-order valence-corrected chi connectivity index (χ2v) is 10.4. The van der Waals surface area contributed by atoms with Crippen LogP contribution in [0.15, 0.2) is 40.6 Å². The van der Waals surface area contributed by atoms with Crippen LogP contribution in [0.25, 0.3) is 0 Å². The second kappa shape index (κ2) is 9.62. The lowest BCUT2D eigenvalue weighted by atomic mass is 10.2. The third-order valence-corrected chi connectivity index (χ3v) is 8.07. The molecule has 2 heterocycles. The first kappa shape index (κ1) is 21.6. The molecule has 0 radical (unpaired) electrons. The van der Waals surface area contributed by atoms with Crippen molar-refractivity contribution >= 4 is 33.0 Å². The van der Waals surface area contributed by atoms with Crippen molar-refractivity contribution in [2.24, 2.45) is 0 Å². The average molecular weight is 449 g/mol. The Balaban J connectivity index is 1.42. The van der Waals surface area contributed by atoms with Gasteiger partial charge in [-0.05, 0) is 18.2 Å². The van der Waals surface area contributed by atoms with Gasteiger partial charge in [0.05, 0.1) is 23.7 Å². The highest BCUT2D eigenvalue weighted by Crippen LogP contribution is 2.28. The van der Waals surface area contributed by atoms with Crippen molar-refractivity contribution in [1.82, 2.24) is 9.21 Å². The minimum atomic E-state index is -3.52. The number of sulfonamides is 1. The van der Waals surface area contributed by atoms with Crippen LogP contribution >= 0.6 is 22.9 Å². The molecule has 1 aromatic carbocycles. The first-order chi connectivity index (χ1) is 13.4. The van der Waals surface area contributed by atoms with Gasteiger partial charge < -0.3 is 9.84 Å². The molecule has 6 nitrogen and oxygen atoms in total. The summed E-state index contributed by atoms with van der Waals surface area (Å²) >= 11 is 6.89. The molecular formula is C18H22ClFN2O4S2. The number of aliphatic hydroxyl groups is 1. The molecule has 3 rings (SSSR count). The molecule has 0 amide bonds. The molecule has 1 aromatic heterocycles. The molecular weight excluding hydrogens is 427 g/mol. The number of piperazine rings is 1. The Bertz CT molecular complexity index is 885. The number of aliphatic hydroxyl groups excluding tert-OH is 1. The van der Waals surface area contributed by atoms with Crippen molar-refractivity contribution in [2.45, 2.75) is 16.9 Å². The predicted molar refractivity (Wildman–Crippen MR) is 107 cm³/mol. The van der Waals surface area contributed by atoms with Crippen molar-refractivity contribution in [3.63, 3.8) is 0 Å². The maximum Gasteiger partial charge on any atom is 0.252 e. The highest BCUT2D eigenvalue weighted by atomic mass is 35.5. The largest absolute Gasteiger partial charge is 0.389 e. The highest BCUT2D eigenvalue weighted by Gasteiger charge is 2.30. The smallest absolute Gasteiger partial charge is 0.252 e. The van der Waals surface area contributed by atoms with E-state index >= 15 is 0 Å². The summed E-state index contributed by atoms with van der Waals surface area (Å²) in [5.41, 5.74) is 0.446. The van der Waals surface area contributed by atoms with Crippen LogP contribution in [-0.4, -0.2) is 68.2 Å². The predicted octanol–water partition coefficient (Wildman–Crippen LogP) is 2.42. The van der Waals surface area contributed by atoms with E-state index in [1.807, 2.05) is 4.90 Å². The Kier molecular flexibility index (Phi) is 7.43. The fraction of sp³-hybridized carbons (Fsp3) is 0.444. The second-order valence-electron chi connectivity index (χ2n) is 6.52. The zero-order valence-corrected chi connectivity index (χ0v) is 17.5. The van der Waals surface area contributed by atoms with Gasteiger partial charge in [-0.25, -0.2) is 12.8 Å². The molecule has 1 saturated heterocycles. The summed E-state index contributed by atoms with van der Waals surface area (Å²) < 4.78 is 46.2. The van der Waals surface area contributed by atoms with Crippen molar-refractivity contribution in [3.05, 3.63) is 52.1 Å². The number of hydrogen-bond donors (Lipinski definition) is 1. The summed E-state index contributed by atoms with van der Waals surface area (Å²) in [5.74, 6) is -0.332. The first-order valence-corrected chi connectivity index (χ1v) is 11.5. The summed E-state index contributed by atoms with van der Waals surface area (Å²) in [7, 11) is -3.52. The van der Waals surface area contributed by atoms with Crippen molar-refractivity contribution in [2.75, 3.05) is 39.3 Å². The molecule has 1 N–H and O–H groups in total. The molecule has 2 aromatic rings. The Morgan fingerprint density at radius 2 is 1.89 bits per heavy atom. The van der Waals surface area contributed by atoms with Gasteiger partial charge in [0.1, 0.15) is 10.0 Å². The van der Waals surface area contributed by atoms with E-state index in [2.05, 4.69) is 0 Å². The standard InChI is InChI=1S/C18H22ClFN2O4S2/c19-17-5-6-18(27-17)28(24,25)22-9-7-21(8-10-22)11-15(23)13-26-12-14-3-1-2-4-16(14)20/h1-6,15,23H,7-13H2. The maximum atomic E-state index is 13.5. The zero-order valence-electron chi connectivity index (χ0n) is 15.1. The van der Waals surface area contributed by atoms with Crippen LogP contribution in [0, 0.1) is 5.82 Å². The van der Waals surface area contributed by atoms with Crippen molar-refractivity contribution in [3.8, 4) is 0 Å². The molecule has 0 spiro atoms. The first-order valence-electron chi connectivity index (χ1n) is 8.83. The summed E-state index contributed by atoms with van der Waals surface area (Å²) in [4.78, 5) is 1.99. The SMILES string of the molecule is O=S(=O)(c1ccc(Cl)s1)N1CCN(CC(O)COCc2ccccc2F)CC1. The van der Waals surface area contributed by atoms with E-state index in [9.17, 15) is 17.9 Å². The van der Waals surface area contributed by atoms with Crippen LogP contribution in [0.5, 0.6) is 0 Å². The Morgan fingerprint density at radius 3 is 2.54 bits per heavy atom. The minimum absolute atomic E-state index is 0.0839. The lowest BCUT2D eigenvalue weighted by Gasteiger charge is -2.34. The van der Waals surface area contributed by atoms with Crippen molar-refractivity contribution < 1.29 is 22.7 Å². The molecule has 0 aliphatic carbocycles. The fourth-order valence-corrected chi connectivity index (χ4v) is 6.05. The van der Waals surface area contributed by atoms with E-state index in [-0.39, 0.29) is 23.2 Å². The van der Waals surface area contributed by atoms with Gasteiger partial charge in [-0.1, -0.05) is 29.8 Å². The highest BCUT2D eigenvalue weighted by molar-refractivity contribution is 7.91. The molecule has 1 aliphatic heterocycles. The number of β-amino-alcohol motifs (C(OH)–C–C–N with tert-alkyl or cyclic N) is 1. The van der Waals surface area contributed by atoms with Gasteiger partial charge in [0, 0.05) is 38.3 Å². The number of halogens is 2. The molecule has 0 bridgehead atoms. The van der Waals surface area contributed by atoms with E-state index < -0.39 is 16.1 Å². The lowest BCUT2D eigenvalue weighted by Crippen LogP contribution is -2.50. The molecule has 154 valence electrons. The van der Waals surface area contributed by atoms with Crippen LogP contribution in [0.1, 0.15) is 5.56 Å². The van der Waals surface area contributed by atoms with Gasteiger partial charge in [-0.3, -0.25) is 4.90 Å². The van der Waals surface area contributed by atoms with Crippen LogP contribution in [0.4, 0.5) is 4.39 Å². The monoisotopic (exact) mass is 448 g/mol. The fourth-order valence-electron chi connectivity index (χ4n) is 2.99. The van der Waals surface area contributed by atoms with E-state index in [0.717, 1.165) is 11.3 Å². The van der Waals surface area contributed by atoms with E-state index in [1.54, 1.807) is 24.3 Å². The number of nitrogens with zero attached hydrogens (tertiary/aromatic N) is 2. The lowest BCUT2D eigenvalue weighted by molar-refractivity contribution is 0.00470. The van der Waals surface area contributed by atoms with Gasteiger partial charge in [-0.2, -0.15) is 4.31 Å². The summed E-state index contributed by atoms with van der Waals surface area (Å²) in [6, 6.07) is 9.45. The van der Waals surface area contributed by atoms with Crippen LogP contribution in [0.2, 0.25) is 4.34 Å². The molecule has 1 aliphatic rings. The molecule has 10 heteroatoms. The Labute approximate surface area is 173 Å². The summed E-state index contributed by atoms with van der Waals surface area (Å²) in [6.07, 6.45) is -0.731. The van der Waals surface area contributed by atoms with E-state index in [1.165, 1.54) is 16.4 Å². The number of thiophene rings is 1. The average Bonchev–Trinajstić information content (AvgIpc) is 3.11. The number of rotatable bonds is 8. The summed E-state index contributed by atoms with van der Waals surface area (Å²) in [6.45, 7) is 2.28. The van der Waals surface area contributed by atoms with Crippen LogP contribution in [-0.2, 0) is 21.4 Å². The van der Waals surface area contributed by atoms with E-state index in [0.29, 0.717) is 42.6 Å². The van der Waals surface area contributed by atoms with Crippen LogP contribution < -0.4 is 0 Å². The number of hydrogen-bond acceptors (Lipinski definition) is 6. The zero-order chi connectivity index (χ0) is 20.1. The van der Waals surface area contributed by atoms with Gasteiger partial charge in [0.2, 0.25) is 0 Å². The number of ether oxygens (including phenoxy) is 1. The maximum absolute atomic E-state index is 13.5. The third-order valence-electron chi connectivity index (χ3n) is 4.47. The molecule has 1 unspecified atom stereocenters. The Hall–Kier alpha value is -1.07. The topological polar surface area (TPSA) is 70.1 Å². The van der Waals surface area contributed by atoms with Gasteiger partial charge in [0.15, 0.2) is 0 Å². The molecule has 28 heavy (non-hydrogen) atoms. The Morgan fingerprint density at radius 1 is 1.18 bits per heavy atom. The third kappa shape index (κ3) is 5.50. The summed E-state index contributed by atoms with van der Waals surface area (Å²) in [5, 5.41) is 10.2. The van der Waals surface area contributed by atoms with Gasteiger partial charge >= 0.3 is 0 Å². The minimum Gasteiger partial charge on any atom is -0.389 e.